The third kappa shape index (κ3) is 6.04. The Morgan fingerprint density at radius 2 is 1.86 bits per heavy atom. The molecule has 2 fully saturated rings. The van der Waals surface area contributed by atoms with Gasteiger partial charge in [-0.2, -0.15) is 0 Å². The molecule has 0 radical (unpaired) electrons. The highest BCUT2D eigenvalue weighted by atomic mass is 16.2. The molecule has 1 aliphatic carbocycles. The molecule has 1 aliphatic heterocycles. The molecule has 1 saturated heterocycles. The molecule has 0 unspecified atom stereocenters. The number of rotatable bonds is 5. The van der Waals surface area contributed by atoms with Crippen molar-refractivity contribution in [1.82, 2.24) is 15.5 Å². The summed E-state index contributed by atoms with van der Waals surface area (Å²) in [6.07, 6.45) is 8.54. The highest BCUT2D eigenvalue weighted by molar-refractivity contribution is 5.78. The Bertz CT molecular complexity index is 353. The van der Waals surface area contributed by atoms with E-state index in [-0.39, 0.29) is 17.9 Å². The first-order valence-corrected chi connectivity index (χ1v) is 8.39. The molecule has 2 rings (SSSR count). The van der Waals surface area contributed by atoms with Gasteiger partial charge in [-0.25, -0.2) is 0 Å². The van der Waals surface area contributed by atoms with Gasteiger partial charge >= 0.3 is 0 Å². The summed E-state index contributed by atoms with van der Waals surface area (Å²) in [6, 6.07) is 0.197. The van der Waals surface area contributed by atoms with Crippen LogP contribution in [0.15, 0.2) is 0 Å². The van der Waals surface area contributed by atoms with Gasteiger partial charge in [-0.1, -0.05) is 19.3 Å². The lowest BCUT2D eigenvalue weighted by Crippen LogP contribution is -2.50. The molecule has 5 nitrogen and oxygen atoms in total. The molecule has 2 amide bonds. The molecule has 2 aliphatic rings. The Morgan fingerprint density at radius 3 is 2.57 bits per heavy atom. The molecule has 5 heteroatoms. The second-order valence-electron chi connectivity index (χ2n) is 6.58. The van der Waals surface area contributed by atoms with Crippen molar-refractivity contribution < 1.29 is 9.59 Å². The molecule has 1 atom stereocenters. The van der Waals surface area contributed by atoms with Crippen molar-refractivity contribution in [2.75, 3.05) is 26.2 Å². The van der Waals surface area contributed by atoms with E-state index in [0.717, 1.165) is 32.5 Å². The van der Waals surface area contributed by atoms with Gasteiger partial charge in [0, 0.05) is 26.1 Å². The summed E-state index contributed by atoms with van der Waals surface area (Å²) in [5, 5.41) is 6.04. The topological polar surface area (TPSA) is 61.4 Å². The number of carbonyl (C=O) groups excluding carboxylic acids is 2. The summed E-state index contributed by atoms with van der Waals surface area (Å²) in [7, 11) is 0. The van der Waals surface area contributed by atoms with Crippen LogP contribution in [-0.4, -0.2) is 48.9 Å². The summed E-state index contributed by atoms with van der Waals surface area (Å²) >= 11 is 0. The molecule has 21 heavy (non-hydrogen) atoms. The third-order valence-electron chi connectivity index (χ3n) is 4.59. The zero-order chi connectivity index (χ0) is 15.1. The summed E-state index contributed by atoms with van der Waals surface area (Å²) < 4.78 is 0. The maximum Gasteiger partial charge on any atom is 0.234 e. The Kier molecular flexibility index (Phi) is 6.49. The maximum atomic E-state index is 12.0. The molecule has 0 aromatic carbocycles. The Morgan fingerprint density at radius 1 is 1.10 bits per heavy atom. The van der Waals surface area contributed by atoms with Crippen LogP contribution in [0.25, 0.3) is 0 Å². The Hall–Kier alpha value is -1.10. The van der Waals surface area contributed by atoms with Crippen molar-refractivity contribution in [3.8, 4) is 0 Å². The first-order chi connectivity index (χ1) is 10.1. The molecule has 1 heterocycles. The molecule has 120 valence electrons. The Labute approximate surface area is 127 Å². The van der Waals surface area contributed by atoms with Gasteiger partial charge in [-0.3, -0.25) is 14.5 Å². The zero-order valence-corrected chi connectivity index (χ0v) is 13.2. The van der Waals surface area contributed by atoms with Crippen LogP contribution in [0.4, 0.5) is 0 Å². The minimum absolute atomic E-state index is 0.0172. The molecular weight excluding hydrogens is 266 g/mol. The highest BCUT2D eigenvalue weighted by Crippen LogP contribution is 2.22. The minimum Gasteiger partial charge on any atom is -0.355 e. The second kappa shape index (κ2) is 8.37. The lowest BCUT2D eigenvalue weighted by molar-refractivity contribution is -0.122. The first-order valence-electron chi connectivity index (χ1n) is 8.39. The van der Waals surface area contributed by atoms with E-state index in [1.165, 1.54) is 32.1 Å². The standard InChI is InChI=1S/C16H29N3O2/c1-13(20)18-15-8-5-9-19(11-15)12-16(21)17-10-14-6-3-2-4-7-14/h14-15H,2-12H2,1H3,(H,17,21)(H,18,20)/t15-/m0/s1. The number of likely N-dealkylation sites (tertiary alicyclic amines) is 1. The van der Waals surface area contributed by atoms with Gasteiger partial charge in [0.1, 0.15) is 0 Å². The fourth-order valence-corrected chi connectivity index (χ4v) is 3.51. The van der Waals surface area contributed by atoms with E-state index in [0.29, 0.717) is 12.5 Å². The van der Waals surface area contributed by atoms with Gasteiger partial charge in [-0.15, -0.1) is 0 Å². The number of hydrogen-bond donors (Lipinski definition) is 2. The van der Waals surface area contributed by atoms with E-state index in [9.17, 15) is 9.59 Å². The van der Waals surface area contributed by atoms with E-state index in [2.05, 4.69) is 15.5 Å². The lowest BCUT2D eigenvalue weighted by Gasteiger charge is -2.32. The summed E-state index contributed by atoms with van der Waals surface area (Å²) in [5.74, 6) is 0.823. The largest absolute Gasteiger partial charge is 0.355 e. The van der Waals surface area contributed by atoms with Crippen molar-refractivity contribution in [2.45, 2.75) is 57.9 Å². The van der Waals surface area contributed by atoms with Crippen molar-refractivity contribution in [2.24, 2.45) is 5.92 Å². The van der Waals surface area contributed by atoms with Crippen LogP contribution in [0.3, 0.4) is 0 Å². The molecule has 0 aromatic heterocycles. The number of hydrogen-bond acceptors (Lipinski definition) is 3. The lowest BCUT2D eigenvalue weighted by atomic mass is 9.89. The van der Waals surface area contributed by atoms with Crippen LogP contribution in [-0.2, 0) is 9.59 Å². The highest BCUT2D eigenvalue weighted by Gasteiger charge is 2.22. The Balaban J connectivity index is 1.65. The number of nitrogens with one attached hydrogen (secondary N) is 2. The van der Waals surface area contributed by atoms with Gasteiger partial charge < -0.3 is 10.6 Å². The van der Waals surface area contributed by atoms with E-state index in [1.54, 1.807) is 6.92 Å². The van der Waals surface area contributed by atoms with E-state index in [4.69, 9.17) is 0 Å². The van der Waals surface area contributed by atoms with Gasteiger partial charge in [-0.05, 0) is 38.1 Å². The fraction of sp³-hybridized carbons (Fsp3) is 0.875. The van der Waals surface area contributed by atoms with E-state index >= 15 is 0 Å². The number of carbonyl (C=O) groups is 2. The van der Waals surface area contributed by atoms with Crippen molar-refractivity contribution in [1.29, 1.82) is 0 Å². The van der Waals surface area contributed by atoms with Crippen LogP contribution in [0.5, 0.6) is 0 Å². The summed E-state index contributed by atoms with van der Waals surface area (Å²) in [5.41, 5.74) is 0. The SMILES string of the molecule is CC(=O)N[C@H]1CCCN(CC(=O)NCC2CCCCC2)C1. The number of nitrogens with zero attached hydrogens (tertiary/aromatic N) is 1. The molecule has 0 aromatic rings. The summed E-state index contributed by atoms with van der Waals surface area (Å²) in [6.45, 7) is 4.59. The third-order valence-corrected chi connectivity index (χ3v) is 4.59. The predicted molar refractivity (Wildman–Crippen MR) is 82.9 cm³/mol. The second-order valence-corrected chi connectivity index (χ2v) is 6.58. The average molecular weight is 295 g/mol. The monoisotopic (exact) mass is 295 g/mol. The average Bonchev–Trinajstić information content (AvgIpc) is 2.46. The normalized spacial score (nSPS) is 24.5. The summed E-state index contributed by atoms with van der Waals surface area (Å²) in [4.78, 5) is 25.3. The van der Waals surface area contributed by atoms with Crippen LogP contribution >= 0.6 is 0 Å². The van der Waals surface area contributed by atoms with Gasteiger partial charge in [0.05, 0.1) is 6.54 Å². The molecular formula is C16H29N3O2. The van der Waals surface area contributed by atoms with Crippen molar-refractivity contribution >= 4 is 11.8 Å². The fourth-order valence-electron chi connectivity index (χ4n) is 3.51. The van der Waals surface area contributed by atoms with Crippen molar-refractivity contribution in [3.05, 3.63) is 0 Å². The van der Waals surface area contributed by atoms with Crippen LogP contribution in [0.2, 0.25) is 0 Å². The minimum atomic E-state index is 0.0172. The van der Waals surface area contributed by atoms with Crippen molar-refractivity contribution in [3.63, 3.8) is 0 Å². The molecule has 1 saturated carbocycles. The van der Waals surface area contributed by atoms with Gasteiger partial charge in [0.2, 0.25) is 11.8 Å². The number of piperidine rings is 1. The number of amides is 2. The molecule has 0 spiro atoms. The van der Waals surface area contributed by atoms with Gasteiger partial charge in [0.25, 0.3) is 0 Å². The molecule has 0 bridgehead atoms. The predicted octanol–water partition coefficient (Wildman–Crippen LogP) is 1.28. The maximum absolute atomic E-state index is 12.0. The first kappa shape index (κ1) is 16.3. The quantitative estimate of drug-likeness (QED) is 0.803. The van der Waals surface area contributed by atoms with E-state index < -0.39 is 0 Å². The van der Waals surface area contributed by atoms with Crippen LogP contribution in [0.1, 0.15) is 51.9 Å². The van der Waals surface area contributed by atoms with Crippen LogP contribution < -0.4 is 10.6 Å². The smallest absolute Gasteiger partial charge is 0.234 e. The molecule has 2 N–H and O–H groups in total. The zero-order valence-electron chi connectivity index (χ0n) is 13.2. The van der Waals surface area contributed by atoms with Crippen LogP contribution in [0, 0.1) is 5.92 Å². The van der Waals surface area contributed by atoms with Gasteiger partial charge in [0.15, 0.2) is 0 Å². The van der Waals surface area contributed by atoms with E-state index in [1.807, 2.05) is 0 Å².